The molecule has 6 atom stereocenters. The summed E-state index contributed by atoms with van der Waals surface area (Å²) in [7, 11) is -9.92. The van der Waals surface area contributed by atoms with Crippen molar-refractivity contribution in [2.45, 2.75) is 329 Å². The highest BCUT2D eigenvalue weighted by Crippen LogP contribution is 2.45. The number of ether oxygens (including phenoxy) is 4. The number of carbonyl (C=O) groups is 4. The average molecular weight is 1300 g/mol. The van der Waals surface area contributed by atoms with Gasteiger partial charge < -0.3 is 33.8 Å². The van der Waals surface area contributed by atoms with Gasteiger partial charge in [0.25, 0.3) is 0 Å². The summed E-state index contributed by atoms with van der Waals surface area (Å²) < 4.78 is 68.1. The van der Waals surface area contributed by atoms with Crippen LogP contribution in [0.4, 0.5) is 0 Å². The first-order chi connectivity index (χ1) is 43.1. The van der Waals surface area contributed by atoms with Crippen LogP contribution in [-0.2, 0) is 65.4 Å². The summed E-state index contributed by atoms with van der Waals surface area (Å²) >= 11 is 0. The molecule has 0 amide bonds. The lowest BCUT2D eigenvalue weighted by Crippen LogP contribution is -2.30. The van der Waals surface area contributed by atoms with E-state index < -0.39 is 97.5 Å². The van der Waals surface area contributed by atoms with E-state index >= 15 is 0 Å². The zero-order valence-electron chi connectivity index (χ0n) is 56.5. The van der Waals surface area contributed by atoms with Gasteiger partial charge in [-0.3, -0.25) is 37.3 Å². The number of hydrogen-bond acceptors (Lipinski definition) is 15. The fraction of sp³-hybridized carbons (Fsp3) is 0.829. The summed E-state index contributed by atoms with van der Waals surface area (Å²) in [4.78, 5) is 72.4. The lowest BCUT2D eigenvalue weighted by Gasteiger charge is -2.21. The van der Waals surface area contributed by atoms with Crippen molar-refractivity contribution in [3.05, 3.63) is 48.6 Å². The van der Waals surface area contributed by atoms with Crippen molar-refractivity contribution in [1.82, 2.24) is 0 Å². The molecule has 19 heteroatoms. The Labute approximate surface area is 540 Å². The topological polar surface area (TPSA) is 237 Å². The molecule has 0 saturated carbocycles. The number of phosphoric ester groups is 2. The van der Waals surface area contributed by atoms with Gasteiger partial charge in [-0.25, -0.2) is 9.13 Å². The zero-order chi connectivity index (χ0) is 65.6. The SMILES string of the molecule is CCCCCC/C=C\C=C/CCCCCCCC(=O)OC[C@H](COP(=O)(O)OC[C@@H](O)COP(=O)(O)OC[C@@H](COC(=O)CCCCCCCCC)OC(=O)CCCCCCCCCCC(C)CC)OC(=O)CCCCCCC/C=C\C=C/CCCCCC. The van der Waals surface area contributed by atoms with Crippen molar-refractivity contribution in [1.29, 1.82) is 0 Å². The van der Waals surface area contributed by atoms with E-state index in [1.165, 1.54) is 89.9 Å². The van der Waals surface area contributed by atoms with Crippen LogP contribution >= 0.6 is 15.6 Å². The van der Waals surface area contributed by atoms with Gasteiger partial charge >= 0.3 is 39.5 Å². The van der Waals surface area contributed by atoms with Gasteiger partial charge in [0.2, 0.25) is 0 Å². The molecule has 0 rings (SSSR count). The molecule has 0 aromatic rings. The Morgan fingerprint density at radius 2 is 0.629 bits per heavy atom. The second-order valence-corrected chi connectivity index (χ2v) is 27.0. The lowest BCUT2D eigenvalue weighted by molar-refractivity contribution is -0.161. The first-order valence-corrected chi connectivity index (χ1v) is 38.3. The van der Waals surface area contributed by atoms with Gasteiger partial charge in [-0.1, -0.05) is 257 Å². The van der Waals surface area contributed by atoms with Crippen molar-refractivity contribution >= 4 is 39.5 Å². The van der Waals surface area contributed by atoms with Crippen molar-refractivity contribution in [3.63, 3.8) is 0 Å². The monoisotopic (exact) mass is 1300 g/mol. The Balaban J connectivity index is 5.29. The highest BCUT2D eigenvalue weighted by molar-refractivity contribution is 7.47. The molecule has 0 aromatic heterocycles. The maximum absolute atomic E-state index is 13.0. The molecule has 0 fully saturated rings. The van der Waals surface area contributed by atoms with Crippen molar-refractivity contribution in [3.8, 4) is 0 Å². The molecule has 0 heterocycles. The largest absolute Gasteiger partial charge is 0.472 e. The quantitative estimate of drug-likeness (QED) is 0.0169. The Kier molecular flexibility index (Phi) is 60.4. The maximum atomic E-state index is 13.0. The number of aliphatic hydroxyl groups excluding tert-OH is 1. The molecule has 0 saturated heterocycles. The van der Waals surface area contributed by atoms with Crippen LogP contribution in [0.1, 0.15) is 311 Å². The van der Waals surface area contributed by atoms with E-state index in [4.69, 9.17) is 37.0 Å². The lowest BCUT2D eigenvalue weighted by atomic mass is 9.99. The van der Waals surface area contributed by atoms with E-state index in [1.807, 2.05) is 0 Å². The molecule has 520 valence electrons. The molecule has 17 nitrogen and oxygen atoms in total. The minimum atomic E-state index is -4.97. The number of hydrogen-bond donors (Lipinski definition) is 3. The molecule has 0 radical (unpaired) electrons. The first kappa shape index (κ1) is 86.0. The number of unbranched alkanes of at least 4 members (excludes halogenated alkanes) is 31. The normalized spacial score (nSPS) is 14.7. The molecule has 0 bridgehead atoms. The maximum Gasteiger partial charge on any atom is 0.472 e. The van der Waals surface area contributed by atoms with Crippen LogP contribution in [0.5, 0.6) is 0 Å². The van der Waals surface area contributed by atoms with Gasteiger partial charge in [0.1, 0.15) is 19.3 Å². The minimum absolute atomic E-state index is 0.0780. The van der Waals surface area contributed by atoms with Crippen molar-refractivity contribution in [2.75, 3.05) is 39.6 Å². The first-order valence-electron chi connectivity index (χ1n) is 35.3. The van der Waals surface area contributed by atoms with E-state index in [0.29, 0.717) is 25.7 Å². The molecule has 0 aliphatic heterocycles. The third kappa shape index (κ3) is 62.3. The summed E-state index contributed by atoms with van der Waals surface area (Å²) in [5.41, 5.74) is 0. The van der Waals surface area contributed by atoms with Gasteiger partial charge in [-0.05, 0) is 83.0 Å². The summed E-state index contributed by atoms with van der Waals surface area (Å²) in [6.45, 7) is 7.06. The van der Waals surface area contributed by atoms with Crippen LogP contribution in [0.3, 0.4) is 0 Å². The van der Waals surface area contributed by atoms with E-state index in [9.17, 15) is 43.2 Å². The Hall–Kier alpha value is -2.98. The molecule has 0 spiro atoms. The van der Waals surface area contributed by atoms with E-state index in [2.05, 4.69) is 83.2 Å². The number of carbonyl (C=O) groups excluding carboxylic acids is 4. The number of phosphoric acid groups is 2. The van der Waals surface area contributed by atoms with Crippen LogP contribution in [0, 0.1) is 5.92 Å². The van der Waals surface area contributed by atoms with Crippen molar-refractivity contribution < 1.29 is 80.2 Å². The molecule has 3 unspecified atom stereocenters. The van der Waals surface area contributed by atoms with Crippen molar-refractivity contribution in [2.24, 2.45) is 5.92 Å². The highest BCUT2D eigenvalue weighted by atomic mass is 31.2. The number of allylic oxidation sites excluding steroid dienone is 8. The molecule has 0 aliphatic carbocycles. The summed E-state index contributed by atoms with van der Waals surface area (Å²) in [6.07, 6.45) is 54.4. The van der Waals surface area contributed by atoms with Gasteiger partial charge in [0, 0.05) is 25.7 Å². The molecule has 0 aliphatic rings. The van der Waals surface area contributed by atoms with Gasteiger partial charge in [-0.2, -0.15) is 0 Å². The fourth-order valence-corrected chi connectivity index (χ4v) is 11.1. The minimum Gasteiger partial charge on any atom is -0.462 e. The highest BCUT2D eigenvalue weighted by Gasteiger charge is 2.30. The number of aliphatic hydroxyl groups is 1. The average Bonchev–Trinajstić information content (AvgIpc) is 3.57. The van der Waals surface area contributed by atoms with E-state index in [-0.39, 0.29) is 25.7 Å². The molecular weight excluding hydrogens is 1170 g/mol. The summed E-state index contributed by atoms with van der Waals surface area (Å²) in [5, 5.41) is 10.6. The Morgan fingerprint density at radius 3 is 0.955 bits per heavy atom. The van der Waals surface area contributed by atoms with Crippen LogP contribution < -0.4 is 0 Å². The van der Waals surface area contributed by atoms with Crippen LogP contribution in [0.15, 0.2) is 48.6 Å². The van der Waals surface area contributed by atoms with Gasteiger partial charge in [0.15, 0.2) is 12.2 Å². The van der Waals surface area contributed by atoms with E-state index in [1.54, 1.807) is 0 Å². The molecular formula is C70H128O17P2. The molecule has 0 aromatic carbocycles. The Morgan fingerprint density at radius 1 is 0.360 bits per heavy atom. The third-order valence-corrected chi connectivity index (χ3v) is 17.3. The Bertz CT molecular complexity index is 1910. The van der Waals surface area contributed by atoms with Gasteiger partial charge in [0.05, 0.1) is 26.4 Å². The summed E-state index contributed by atoms with van der Waals surface area (Å²) in [5.74, 6) is -1.42. The number of esters is 4. The standard InChI is InChI=1S/C70H128O17P2/c1-6-10-13-16-19-21-23-25-27-29-31-33-39-44-49-54-68(73)81-60-66(86-69(74)55-50-45-40-34-32-30-28-26-24-22-20-17-14-11-7-2)62-85-89(78,79)83-58-64(71)57-82-88(76,77)84-61-65(59-80-67(72)53-48-43-37-18-15-12-8-3)87-70(75)56-51-46-41-36-35-38-42-47-52-63(5)9-4/h21-28,63-66,71H,6-20,29-62H2,1-5H3,(H,76,77)(H,78,79)/b23-21-,24-22-,27-25-,28-26-/t63?,64-,65+,66+/m0/s1. The van der Waals surface area contributed by atoms with Crippen LogP contribution in [0.25, 0.3) is 0 Å². The predicted octanol–water partition coefficient (Wildman–Crippen LogP) is 19.2. The smallest absolute Gasteiger partial charge is 0.462 e. The zero-order valence-corrected chi connectivity index (χ0v) is 58.3. The summed E-state index contributed by atoms with van der Waals surface area (Å²) in [6, 6.07) is 0. The van der Waals surface area contributed by atoms with E-state index in [0.717, 1.165) is 141 Å². The molecule has 89 heavy (non-hydrogen) atoms. The fourth-order valence-electron chi connectivity index (χ4n) is 9.53. The van der Waals surface area contributed by atoms with Crippen LogP contribution in [-0.4, -0.2) is 96.7 Å². The van der Waals surface area contributed by atoms with Gasteiger partial charge in [-0.15, -0.1) is 0 Å². The van der Waals surface area contributed by atoms with Crippen LogP contribution in [0.2, 0.25) is 0 Å². The second-order valence-electron chi connectivity index (χ2n) is 24.1. The third-order valence-electron chi connectivity index (χ3n) is 15.4. The number of rotatable bonds is 66. The molecule has 3 N–H and O–H groups in total. The predicted molar refractivity (Wildman–Crippen MR) is 358 cm³/mol. The second kappa shape index (κ2) is 62.5.